The quantitative estimate of drug-likeness (QED) is 0.174. The third kappa shape index (κ3) is 4.48. The number of anilines is 3. The van der Waals surface area contributed by atoms with Gasteiger partial charge in [-0.1, -0.05) is 109 Å². The standard InChI is InChI=1S/C48H30N2S2/c1-2-12-33(13-3-1)49-39-17-7-4-14-35(39)36-29-26-32(30-42(36)49)31-24-27-34(28-25-31)50(40-18-10-22-45-47(40)37-15-5-8-20-43(37)51-45)41-19-11-23-46-48(41)38-16-6-9-21-44(38)52-46/h1-30H. The number of nitrogens with zero attached hydrogens (tertiary/aromatic N) is 2. The summed E-state index contributed by atoms with van der Waals surface area (Å²) in [5.74, 6) is 0. The van der Waals surface area contributed by atoms with Crippen molar-refractivity contribution >= 4 is 102 Å². The van der Waals surface area contributed by atoms with Gasteiger partial charge in [-0.15, -0.1) is 22.7 Å². The fraction of sp³-hybridized carbons (Fsp3) is 0. The van der Waals surface area contributed by atoms with E-state index < -0.39 is 0 Å². The van der Waals surface area contributed by atoms with Crippen molar-refractivity contribution in [1.29, 1.82) is 0 Å². The monoisotopic (exact) mass is 698 g/mol. The van der Waals surface area contributed by atoms with Crippen LogP contribution in [0.15, 0.2) is 182 Å². The molecular formula is C48H30N2S2. The van der Waals surface area contributed by atoms with Crippen molar-refractivity contribution in [3.8, 4) is 16.8 Å². The maximum atomic E-state index is 2.49. The Bertz CT molecular complexity index is 3020. The van der Waals surface area contributed by atoms with E-state index in [1.54, 1.807) is 0 Å². The average Bonchev–Trinajstić information content (AvgIpc) is 3.88. The molecule has 244 valence electrons. The van der Waals surface area contributed by atoms with E-state index in [1.807, 2.05) is 22.7 Å². The summed E-state index contributed by atoms with van der Waals surface area (Å²) in [5.41, 5.74) is 9.51. The number of para-hydroxylation sites is 2. The molecule has 0 saturated carbocycles. The Morgan fingerprint density at radius 2 is 0.885 bits per heavy atom. The third-order valence-electron chi connectivity index (χ3n) is 10.4. The van der Waals surface area contributed by atoms with Crippen molar-refractivity contribution < 1.29 is 0 Å². The molecule has 2 nitrogen and oxygen atoms in total. The normalized spacial score (nSPS) is 11.8. The maximum Gasteiger partial charge on any atom is 0.0555 e. The molecule has 11 rings (SSSR count). The predicted octanol–water partition coefficient (Wildman–Crippen LogP) is 14.7. The summed E-state index contributed by atoms with van der Waals surface area (Å²) in [6, 6.07) is 66.6. The zero-order chi connectivity index (χ0) is 34.2. The fourth-order valence-corrected chi connectivity index (χ4v) is 10.4. The number of fused-ring (bicyclic) bond motifs is 9. The van der Waals surface area contributed by atoms with Gasteiger partial charge in [0.25, 0.3) is 0 Å². The lowest BCUT2D eigenvalue weighted by atomic mass is 10.0. The van der Waals surface area contributed by atoms with E-state index in [4.69, 9.17) is 0 Å². The van der Waals surface area contributed by atoms with E-state index in [0.29, 0.717) is 0 Å². The molecule has 0 amide bonds. The van der Waals surface area contributed by atoms with E-state index in [9.17, 15) is 0 Å². The molecule has 11 aromatic rings. The molecule has 0 atom stereocenters. The Balaban J connectivity index is 1.12. The van der Waals surface area contributed by atoms with Crippen molar-refractivity contribution in [3.63, 3.8) is 0 Å². The van der Waals surface area contributed by atoms with Gasteiger partial charge in [0, 0.05) is 62.5 Å². The minimum absolute atomic E-state index is 1.13. The first-order valence-electron chi connectivity index (χ1n) is 17.6. The summed E-state index contributed by atoms with van der Waals surface area (Å²) < 4.78 is 7.60. The van der Waals surface area contributed by atoms with Crippen molar-refractivity contribution in [2.24, 2.45) is 0 Å². The summed E-state index contributed by atoms with van der Waals surface area (Å²) in [6.45, 7) is 0. The van der Waals surface area contributed by atoms with Crippen LogP contribution in [0.25, 0.3) is 79.0 Å². The van der Waals surface area contributed by atoms with Crippen LogP contribution >= 0.6 is 22.7 Å². The molecule has 0 fully saturated rings. The summed E-state index contributed by atoms with van der Waals surface area (Å²) in [4.78, 5) is 2.49. The summed E-state index contributed by atoms with van der Waals surface area (Å²) in [6.07, 6.45) is 0. The molecule has 4 heteroatoms. The zero-order valence-corrected chi connectivity index (χ0v) is 29.7. The molecule has 0 saturated heterocycles. The smallest absolute Gasteiger partial charge is 0.0555 e. The molecule has 0 aliphatic carbocycles. The zero-order valence-electron chi connectivity index (χ0n) is 28.0. The van der Waals surface area contributed by atoms with Crippen LogP contribution in [0.5, 0.6) is 0 Å². The van der Waals surface area contributed by atoms with Crippen molar-refractivity contribution in [2.45, 2.75) is 0 Å². The van der Waals surface area contributed by atoms with Crippen LogP contribution in [0.3, 0.4) is 0 Å². The molecule has 0 unspecified atom stereocenters. The summed E-state index contributed by atoms with van der Waals surface area (Å²) >= 11 is 3.73. The minimum atomic E-state index is 1.13. The molecule has 0 aliphatic rings. The maximum absolute atomic E-state index is 2.49. The van der Waals surface area contributed by atoms with E-state index in [2.05, 4.69) is 191 Å². The largest absolute Gasteiger partial charge is 0.309 e. The molecule has 8 aromatic carbocycles. The van der Waals surface area contributed by atoms with E-state index in [1.165, 1.54) is 90.3 Å². The van der Waals surface area contributed by atoms with E-state index in [-0.39, 0.29) is 0 Å². The van der Waals surface area contributed by atoms with Gasteiger partial charge in [-0.3, -0.25) is 0 Å². The third-order valence-corrected chi connectivity index (χ3v) is 12.7. The Kier molecular flexibility index (Phi) is 6.63. The van der Waals surface area contributed by atoms with Gasteiger partial charge in [0.05, 0.1) is 22.4 Å². The number of rotatable bonds is 5. The van der Waals surface area contributed by atoms with Crippen LogP contribution in [0.1, 0.15) is 0 Å². The Labute approximate surface area is 308 Å². The van der Waals surface area contributed by atoms with Gasteiger partial charge >= 0.3 is 0 Å². The molecule has 0 radical (unpaired) electrons. The Hall–Kier alpha value is -6.20. The second-order valence-corrected chi connectivity index (χ2v) is 15.5. The number of hydrogen-bond acceptors (Lipinski definition) is 3. The molecule has 0 N–H and O–H groups in total. The van der Waals surface area contributed by atoms with Gasteiger partial charge in [0.15, 0.2) is 0 Å². The van der Waals surface area contributed by atoms with Crippen LogP contribution in [0.2, 0.25) is 0 Å². The molecule has 3 aromatic heterocycles. The minimum Gasteiger partial charge on any atom is -0.309 e. The van der Waals surface area contributed by atoms with Gasteiger partial charge in [0.2, 0.25) is 0 Å². The van der Waals surface area contributed by atoms with Crippen LogP contribution in [-0.2, 0) is 0 Å². The number of thiophene rings is 2. The first-order chi connectivity index (χ1) is 25.8. The highest BCUT2D eigenvalue weighted by Crippen LogP contribution is 2.49. The highest BCUT2D eigenvalue weighted by Gasteiger charge is 2.22. The fourth-order valence-electron chi connectivity index (χ4n) is 8.10. The van der Waals surface area contributed by atoms with Crippen LogP contribution in [0, 0.1) is 0 Å². The highest BCUT2D eigenvalue weighted by atomic mass is 32.1. The van der Waals surface area contributed by atoms with Crippen LogP contribution in [0.4, 0.5) is 17.1 Å². The van der Waals surface area contributed by atoms with Gasteiger partial charge in [-0.25, -0.2) is 0 Å². The summed E-state index contributed by atoms with van der Waals surface area (Å²) in [7, 11) is 0. The molecule has 52 heavy (non-hydrogen) atoms. The SMILES string of the molecule is c1ccc(-n2c3ccccc3c3ccc(-c4ccc(N(c5cccc6sc7ccccc7c56)c5cccc6sc7ccccc7c56)cc4)cc32)cc1. The second kappa shape index (κ2) is 11.7. The van der Waals surface area contributed by atoms with Gasteiger partial charge in [0.1, 0.15) is 0 Å². The number of benzene rings is 8. The van der Waals surface area contributed by atoms with Crippen molar-refractivity contribution in [2.75, 3.05) is 4.90 Å². The molecule has 3 heterocycles. The van der Waals surface area contributed by atoms with Crippen molar-refractivity contribution in [1.82, 2.24) is 4.57 Å². The number of aromatic nitrogens is 1. The lowest BCUT2D eigenvalue weighted by molar-refractivity contribution is 1.18. The van der Waals surface area contributed by atoms with Gasteiger partial charge in [-0.05, 0) is 83.9 Å². The van der Waals surface area contributed by atoms with Gasteiger partial charge in [-0.2, -0.15) is 0 Å². The van der Waals surface area contributed by atoms with Gasteiger partial charge < -0.3 is 9.47 Å². The number of hydrogen-bond donors (Lipinski definition) is 0. The average molecular weight is 699 g/mol. The van der Waals surface area contributed by atoms with Crippen LogP contribution < -0.4 is 4.90 Å². The van der Waals surface area contributed by atoms with Crippen LogP contribution in [-0.4, -0.2) is 4.57 Å². The predicted molar refractivity (Wildman–Crippen MR) is 227 cm³/mol. The second-order valence-electron chi connectivity index (χ2n) is 13.3. The Morgan fingerprint density at radius 3 is 1.54 bits per heavy atom. The molecular weight excluding hydrogens is 669 g/mol. The lowest BCUT2D eigenvalue weighted by Crippen LogP contribution is -2.10. The van der Waals surface area contributed by atoms with Crippen molar-refractivity contribution in [3.05, 3.63) is 182 Å². The highest BCUT2D eigenvalue weighted by molar-refractivity contribution is 7.26. The Morgan fingerprint density at radius 1 is 0.365 bits per heavy atom. The molecule has 0 bridgehead atoms. The van der Waals surface area contributed by atoms with E-state index in [0.717, 1.165) is 5.69 Å². The lowest BCUT2D eigenvalue weighted by Gasteiger charge is -2.27. The first kappa shape index (κ1) is 29.5. The summed E-state index contributed by atoms with van der Waals surface area (Å²) in [5, 5.41) is 7.71. The topological polar surface area (TPSA) is 8.17 Å². The van der Waals surface area contributed by atoms with E-state index >= 15 is 0 Å². The molecule has 0 aliphatic heterocycles. The first-order valence-corrected chi connectivity index (χ1v) is 19.2. The molecule has 0 spiro atoms.